The average Bonchev–Trinajstić information content (AvgIpc) is 3.52. The molecule has 2 aliphatic rings. The molecule has 1 fully saturated rings. The summed E-state index contributed by atoms with van der Waals surface area (Å²) < 4.78 is 16.3. The van der Waals surface area contributed by atoms with E-state index >= 15 is 0 Å². The van der Waals surface area contributed by atoms with Crippen molar-refractivity contribution >= 4 is 11.9 Å². The molecule has 194 valence electrons. The summed E-state index contributed by atoms with van der Waals surface area (Å²) in [4.78, 5) is 29.6. The fourth-order valence-electron chi connectivity index (χ4n) is 5.48. The van der Waals surface area contributed by atoms with Crippen LogP contribution in [0.25, 0.3) is 0 Å². The van der Waals surface area contributed by atoms with Gasteiger partial charge in [-0.15, -0.1) is 0 Å². The molecule has 2 aromatic rings. The number of hydrogen-bond acceptors (Lipinski definition) is 6. The van der Waals surface area contributed by atoms with Gasteiger partial charge in [0.1, 0.15) is 5.75 Å². The SMILES string of the molecule is CCC(CC)C(=O)N(C)CCN1CC(c2ccc3c(c2)OCO3)C(C(=O)O)C1c1ccc(OC)cc1. The minimum Gasteiger partial charge on any atom is -0.497 e. The van der Waals surface area contributed by atoms with E-state index in [4.69, 9.17) is 14.2 Å². The number of aliphatic carboxylic acids is 1. The van der Waals surface area contributed by atoms with E-state index in [9.17, 15) is 14.7 Å². The molecule has 3 unspecified atom stereocenters. The summed E-state index contributed by atoms with van der Waals surface area (Å²) in [6, 6.07) is 12.9. The number of carboxylic acid groups (broad SMARTS) is 1. The van der Waals surface area contributed by atoms with Gasteiger partial charge in [0.2, 0.25) is 12.7 Å². The number of rotatable bonds is 10. The van der Waals surface area contributed by atoms with Crippen LogP contribution in [0.4, 0.5) is 0 Å². The second kappa shape index (κ2) is 11.2. The highest BCUT2D eigenvalue weighted by atomic mass is 16.7. The van der Waals surface area contributed by atoms with E-state index in [1.807, 2.05) is 63.4 Å². The first kappa shape index (κ1) is 25.8. The van der Waals surface area contributed by atoms with E-state index in [0.29, 0.717) is 31.1 Å². The van der Waals surface area contributed by atoms with E-state index in [1.54, 1.807) is 12.0 Å². The quantitative estimate of drug-likeness (QED) is 0.528. The second-order valence-corrected chi connectivity index (χ2v) is 9.57. The van der Waals surface area contributed by atoms with Gasteiger partial charge in [-0.1, -0.05) is 32.0 Å². The number of carboxylic acids is 1. The molecule has 36 heavy (non-hydrogen) atoms. The van der Waals surface area contributed by atoms with E-state index in [2.05, 4.69) is 4.90 Å². The summed E-state index contributed by atoms with van der Waals surface area (Å²) in [5.74, 6) is 0.435. The molecule has 8 heteroatoms. The van der Waals surface area contributed by atoms with Crippen LogP contribution in [0.2, 0.25) is 0 Å². The van der Waals surface area contributed by atoms with E-state index in [1.165, 1.54) is 0 Å². The van der Waals surface area contributed by atoms with Crippen molar-refractivity contribution in [3.63, 3.8) is 0 Å². The molecule has 0 spiro atoms. The van der Waals surface area contributed by atoms with Crippen LogP contribution < -0.4 is 14.2 Å². The third-order valence-electron chi connectivity index (χ3n) is 7.60. The van der Waals surface area contributed by atoms with Crippen molar-refractivity contribution in [2.75, 3.05) is 40.6 Å². The number of ether oxygens (including phenoxy) is 3. The molecule has 0 aliphatic carbocycles. The Hall–Kier alpha value is -3.26. The number of benzene rings is 2. The monoisotopic (exact) mass is 496 g/mol. The van der Waals surface area contributed by atoms with Crippen molar-refractivity contribution in [1.29, 1.82) is 0 Å². The maximum atomic E-state index is 12.9. The Kier molecular flexibility index (Phi) is 8.04. The van der Waals surface area contributed by atoms with Crippen LogP contribution in [0.3, 0.4) is 0 Å². The average molecular weight is 497 g/mol. The molecular weight excluding hydrogens is 460 g/mol. The van der Waals surface area contributed by atoms with Crippen LogP contribution in [0.5, 0.6) is 17.2 Å². The molecule has 1 amide bonds. The molecule has 1 saturated heterocycles. The molecule has 2 aliphatic heterocycles. The lowest BCUT2D eigenvalue weighted by Gasteiger charge is -2.30. The Morgan fingerprint density at radius 3 is 2.39 bits per heavy atom. The summed E-state index contributed by atoms with van der Waals surface area (Å²) in [6.45, 7) is 5.90. The fourth-order valence-corrected chi connectivity index (χ4v) is 5.48. The minimum absolute atomic E-state index is 0.0131. The summed E-state index contributed by atoms with van der Waals surface area (Å²) in [5, 5.41) is 10.4. The predicted octanol–water partition coefficient (Wildman–Crippen LogP) is 4.16. The lowest BCUT2D eigenvalue weighted by atomic mass is 9.82. The van der Waals surface area contributed by atoms with Crippen LogP contribution in [0, 0.1) is 11.8 Å². The molecule has 2 heterocycles. The van der Waals surface area contributed by atoms with Crippen molar-refractivity contribution in [3.8, 4) is 17.2 Å². The van der Waals surface area contributed by atoms with E-state index in [-0.39, 0.29) is 30.6 Å². The largest absolute Gasteiger partial charge is 0.497 e. The lowest BCUT2D eigenvalue weighted by molar-refractivity contribution is -0.143. The second-order valence-electron chi connectivity index (χ2n) is 9.57. The van der Waals surface area contributed by atoms with Gasteiger partial charge in [0.15, 0.2) is 11.5 Å². The number of likely N-dealkylation sites (tertiary alicyclic amines) is 1. The maximum absolute atomic E-state index is 12.9. The van der Waals surface area contributed by atoms with Crippen molar-refractivity contribution in [3.05, 3.63) is 53.6 Å². The van der Waals surface area contributed by atoms with Gasteiger partial charge in [0.05, 0.1) is 13.0 Å². The minimum atomic E-state index is -0.845. The van der Waals surface area contributed by atoms with Gasteiger partial charge < -0.3 is 24.2 Å². The van der Waals surface area contributed by atoms with Crippen molar-refractivity contribution in [2.45, 2.75) is 38.6 Å². The Morgan fingerprint density at radius 2 is 1.75 bits per heavy atom. The van der Waals surface area contributed by atoms with Crippen LogP contribution in [-0.4, -0.2) is 67.4 Å². The van der Waals surface area contributed by atoms with Gasteiger partial charge in [-0.25, -0.2) is 0 Å². The first-order valence-electron chi connectivity index (χ1n) is 12.6. The highest BCUT2D eigenvalue weighted by molar-refractivity contribution is 5.78. The van der Waals surface area contributed by atoms with Crippen LogP contribution in [-0.2, 0) is 9.59 Å². The molecule has 0 saturated carbocycles. The number of methoxy groups -OCH3 is 1. The molecule has 0 radical (unpaired) electrons. The number of carbonyl (C=O) groups excluding carboxylic acids is 1. The van der Waals surface area contributed by atoms with Gasteiger partial charge in [0, 0.05) is 44.6 Å². The van der Waals surface area contributed by atoms with Crippen LogP contribution >= 0.6 is 0 Å². The van der Waals surface area contributed by atoms with Crippen molar-refractivity contribution < 1.29 is 28.9 Å². The number of fused-ring (bicyclic) bond motifs is 1. The van der Waals surface area contributed by atoms with Gasteiger partial charge in [-0.3, -0.25) is 14.5 Å². The maximum Gasteiger partial charge on any atom is 0.309 e. The number of carbonyl (C=O) groups is 2. The fraction of sp³-hybridized carbons (Fsp3) is 0.500. The predicted molar refractivity (Wildman–Crippen MR) is 135 cm³/mol. The van der Waals surface area contributed by atoms with Crippen molar-refractivity contribution in [2.24, 2.45) is 11.8 Å². The highest BCUT2D eigenvalue weighted by Crippen LogP contribution is 2.47. The zero-order valence-corrected chi connectivity index (χ0v) is 21.5. The van der Waals surface area contributed by atoms with E-state index < -0.39 is 11.9 Å². The van der Waals surface area contributed by atoms with Gasteiger partial charge in [-0.2, -0.15) is 0 Å². The zero-order valence-electron chi connectivity index (χ0n) is 21.5. The first-order valence-corrected chi connectivity index (χ1v) is 12.6. The van der Waals surface area contributed by atoms with Crippen LogP contribution in [0.1, 0.15) is 49.8 Å². The molecule has 1 N–H and O–H groups in total. The van der Waals surface area contributed by atoms with E-state index in [0.717, 1.165) is 29.7 Å². The summed E-state index contributed by atoms with van der Waals surface area (Å²) in [5.41, 5.74) is 1.83. The molecule has 4 rings (SSSR count). The number of amides is 1. The van der Waals surface area contributed by atoms with Crippen molar-refractivity contribution in [1.82, 2.24) is 9.80 Å². The lowest BCUT2D eigenvalue weighted by Crippen LogP contribution is -2.39. The summed E-state index contributed by atoms with van der Waals surface area (Å²) in [7, 11) is 3.45. The standard InChI is InChI=1S/C28H36N2O6/c1-5-18(6-2)27(31)29(3)13-14-30-16-22(20-9-12-23-24(15-20)36-17-35-23)25(28(32)33)26(30)19-7-10-21(34-4)11-8-19/h7-12,15,18,22,25-26H,5-6,13-14,16-17H2,1-4H3,(H,32,33). The van der Waals surface area contributed by atoms with Gasteiger partial charge >= 0.3 is 5.97 Å². The highest BCUT2D eigenvalue weighted by Gasteiger charge is 2.47. The van der Waals surface area contributed by atoms with Gasteiger partial charge in [0.25, 0.3) is 0 Å². The van der Waals surface area contributed by atoms with Gasteiger partial charge in [-0.05, 0) is 48.2 Å². The number of likely N-dealkylation sites (N-methyl/N-ethyl adjacent to an activating group) is 1. The first-order chi connectivity index (χ1) is 17.4. The Balaban J connectivity index is 1.64. The topological polar surface area (TPSA) is 88.5 Å². The summed E-state index contributed by atoms with van der Waals surface area (Å²) >= 11 is 0. The molecule has 0 bridgehead atoms. The summed E-state index contributed by atoms with van der Waals surface area (Å²) in [6.07, 6.45) is 1.62. The molecule has 3 atom stereocenters. The Bertz CT molecular complexity index is 1070. The molecular formula is C28H36N2O6. The zero-order chi connectivity index (χ0) is 25.8. The smallest absolute Gasteiger partial charge is 0.309 e. The molecule has 2 aromatic carbocycles. The number of hydrogen-bond donors (Lipinski definition) is 1. The third-order valence-corrected chi connectivity index (χ3v) is 7.60. The Labute approximate surface area is 212 Å². The molecule has 8 nitrogen and oxygen atoms in total. The number of nitrogens with zero attached hydrogens (tertiary/aromatic N) is 2. The van der Waals surface area contributed by atoms with Crippen LogP contribution in [0.15, 0.2) is 42.5 Å². The third kappa shape index (κ3) is 5.14. The Morgan fingerprint density at radius 1 is 1.08 bits per heavy atom. The molecule has 0 aromatic heterocycles. The normalized spacial score (nSPS) is 21.1.